The first kappa shape index (κ1) is 15.8. The highest BCUT2D eigenvalue weighted by Crippen LogP contribution is 2.33. The molecule has 0 saturated carbocycles. The molecular weight excluding hydrogens is 311 g/mol. The molecule has 0 bridgehead atoms. The first-order valence-corrected chi connectivity index (χ1v) is 6.61. The van der Waals surface area contributed by atoms with E-state index < -0.39 is 5.75 Å². The van der Waals surface area contributed by atoms with Gasteiger partial charge in [-0.1, -0.05) is 23.7 Å². The van der Waals surface area contributed by atoms with Crippen LogP contribution in [-0.4, -0.2) is 22.3 Å². The third kappa shape index (κ3) is 4.20. The summed E-state index contributed by atoms with van der Waals surface area (Å²) in [5.74, 6) is -1.55. The molecule has 2 aromatic rings. The molecular formula is C15H12ClFN2O3. The van der Waals surface area contributed by atoms with Gasteiger partial charge in [-0.3, -0.25) is 4.79 Å². The van der Waals surface area contributed by atoms with Gasteiger partial charge in [0.25, 0.3) is 0 Å². The molecule has 0 saturated heterocycles. The van der Waals surface area contributed by atoms with E-state index in [1.54, 1.807) is 0 Å². The van der Waals surface area contributed by atoms with Crippen molar-refractivity contribution in [2.75, 3.05) is 0 Å². The Balaban J connectivity index is 1.94. The summed E-state index contributed by atoms with van der Waals surface area (Å²) in [6.07, 6.45) is 1.33. The first-order chi connectivity index (χ1) is 10.5. The van der Waals surface area contributed by atoms with Gasteiger partial charge in [-0.2, -0.15) is 5.10 Å². The van der Waals surface area contributed by atoms with Crippen LogP contribution < -0.4 is 5.43 Å². The third-order valence-corrected chi connectivity index (χ3v) is 3.03. The second-order valence-electron chi connectivity index (χ2n) is 4.47. The van der Waals surface area contributed by atoms with Crippen LogP contribution in [0.1, 0.15) is 11.1 Å². The molecule has 0 aliphatic heterocycles. The summed E-state index contributed by atoms with van der Waals surface area (Å²) in [4.78, 5) is 11.6. The molecule has 0 heterocycles. The van der Waals surface area contributed by atoms with Crippen LogP contribution in [0, 0.1) is 5.82 Å². The molecule has 1 amide bonds. The van der Waals surface area contributed by atoms with Crippen LogP contribution in [0.25, 0.3) is 0 Å². The topological polar surface area (TPSA) is 81.9 Å². The van der Waals surface area contributed by atoms with Crippen molar-refractivity contribution >= 4 is 23.7 Å². The van der Waals surface area contributed by atoms with Crippen LogP contribution in [-0.2, 0) is 11.2 Å². The van der Waals surface area contributed by atoms with Crippen molar-refractivity contribution in [2.45, 2.75) is 6.42 Å². The Morgan fingerprint density at radius 1 is 1.27 bits per heavy atom. The van der Waals surface area contributed by atoms with E-state index in [-0.39, 0.29) is 28.9 Å². The van der Waals surface area contributed by atoms with Crippen LogP contribution in [0.3, 0.4) is 0 Å². The highest BCUT2D eigenvalue weighted by Gasteiger charge is 2.06. The smallest absolute Gasteiger partial charge is 0.244 e. The fourth-order valence-corrected chi connectivity index (χ4v) is 1.91. The molecule has 0 aliphatic carbocycles. The molecule has 0 spiro atoms. The highest BCUT2D eigenvalue weighted by atomic mass is 35.5. The predicted molar refractivity (Wildman–Crippen MR) is 80.6 cm³/mol. The number of halogens is 2. The molecule has 3 N–H and O–H groups in total. The Morgan fingerprint density at radius 3 is 2.59 bits per heavy atom. The van der Waals surface area contributed by atoms with Crippen molar-refractivity contribution in [3.8, 4) is 11.5 Å². The largest absolute Gasteiger partial charge is 0.504 e. The van der Waals surface area contributed by atoms with Gasteiger partial charge in [0.15, 0.2) is 11.5 Å². The molecule has 114 valence electrons. The minimum atomic E-state index is -0.417. The van der Waals surface area contributed by atoms with Gasteiger partial charge < -0.3 is 10.2 Å². The van der Waals surface area contributed by atoms with Gasteiger partial charge in [-0.25, -0.2) is 9.82 Å². The summed E-state index contributed by atoms with van der Waals surface area (Å²) >= 11 is 5.69. The molecule has 2 aromatic carbocycles. The molecule has 7 heteroatoms. The molecule has 22 heavy (non-hydrogen) atoms. The van der Waals surface area contributed by atoms with Gasteiger partial charge in [-0.15, -0.1) is 0 Å². The van der Waals surface area contributed by atoms with Crippen LogP contribution >= 0.6 is 11.6 Å². The summed E-state index contributed by atoms with van der Waals surface area (Å²) in [6.45, 7) is 0. The lowest BCUT2D eigenvalue weighted by Crippen LogP contribution is -2.19. The number of phenolic OH excluding ortho intramolecular Hbond substituents is 2. The normalized spacial score (nSPS) is 10.8. The summed E-state index contributed by atoms with van der Waals surface area (Å²) in [7, 11) is 0. The quantitative estimate of drug-likeness (QED) is 0.460. The van der Waals surface area contributed by atoms with Crippen LogP contribution in [0.4, 0.5) is 4.39 Å². The zero-order valence-corrected chi connectivity index (χ0v) is 12.0. The Morgan fingerprint density at radius 2 is 1.95 bits per heavy atom. The summed E-state index contributed by atoms with van der Waals surface area (Å²) in [5, 5.41) is 22.4. The Bertz CT molecular complexity index is 694. The standard InChI is InChI=1S/C15H12ClFN2O3/c16-12-5-10(6-13(20)15(12)22)8-18-19-14(21)7-9-1-3-11(17)4-2-9/h1-6,8,20,22H,7H2,(H,19,21)/b18-8+. The highest BCUT2D eigenvalue weighted by molar-refractivity contribution is 6.32. The van der Waals surface area contributed by atoms with Crippen molar-refractivity contribution < 1.29 is 19.4 Å². The van der Waals surface area contributed by atoms with Gasteiger partial charge >= 0.3 is 0 Å². The molecule has 2 rings (SSSR count). The third-order valence-electron chi connectivity index (χ3n) is 2.75. The van der Waals surface area contributed by atoms with E-state index >= 15 is 0 Å². The number of carbonyl (C=O) groups is 1. The van der Waals surface area contributed by atoms with Gasteiger partial charge in [0, 0.05) is 0 Å². The SMILES string of the molecule is O=C(Cc1ccc(F)cc1)N/N=C/c1cc(O)c(O)c(Cl)c1. The van der Waals surface area contributed by atoms with Crippen molar-refractivity contribution in [2.24, 2.45) is 5.10 Å². The van der Waals surface area contributed by atoms with Crippen LogP contribution in [0.15, 0.2) is 41.5 Å². The average molecular weight is 323 g/mol. The van der Waals surface area contributed by atoms with Crippen molar-refractivity contribution in [3.05, 3.63) is 58.4 Å². The van der Waals surface area contributed by atoms with E-state index in [2.05, 4.69) is 10.5 Å². The lowest BCUT2D eigenvalue weighted by atomic mass is 10.1. The zero-order valence-electron chi connectivity index (χ0n) is 11.3. The van der Waals surface area contributed by atoms with Gasteiger partial charge in [0.2, 0.25) is 5.91 Å². The number of hydrogen-bond donors (Lipinski definition) is 3. The molecule has 0 unspecified atom stereocenters. The maximum Gasteiger partial charge on any atom is 0.244 e. The number of nitrogens with zero attached hydrogens (tertiary/aromatic N) is 1. The Kier molecular flexibility index (Phi) is 4.95. The summed E-state index contributed by atoms with van der Waals surface area (Å²) < 4.78 is 12.7. The number of hydrogen-bond acceptors (Lipinski definition) is 4. The van der Waals surface area contributed by atoms with Gasteiger partial charge in [0.1, 0.15) is 5.82 Å². The Labute approximate surface area is 130 Å². The maximum absolute atomic E-state index is 12.7. The number of rotatable bonds is 4. The van der Waals surface area contributed by atoms with Crippen molar-refractivity contribution in [3.63, 3.8) is 0 Å². The number of benzene rings is 2. The van der Waals surface area contributed by atoms with Crippen molar-refractivity contribution in [1.82, 2.24) is 5.43 Å². The van der Waals surface area contributed by atoms with Gasteiger partial charge in [-0.05, 0) is 35.4 Å². The number of aromatic hydroxyl groups is 2. The lowest BCUT2D eigenvalue weighted by Gasteiger charge is -2.02. The first-order valence-electron chi connectivity index (χ1n) is 6.23. The van der Waals surface area contributed by atoms with Crippen LogP contribution in [0.5, 0.6) is 11.5 Å². The fraction of sp³-hybridized carbons (Fsp3) is 0.0667. The van der Waals surface area contributed by atoms with E-state index in [1.807, 2.05) is 0 Å². The predicted octanol–water partition coefficient (Wildman–Crippen LogP) is 2.58. The Hall–Kier alpha value is -2.60. The minimum absolute atomic E-state index is 0.0286. The second-order valence-corrected chi connectivity index (χ2v) is 4.87. The molecule has 0 fully saturated rings. The van der Waals surface area contributed by atoms with Gasteiger partial charge in [0.05, 0.1) is 17.7 Å². The number of hydrazone groups is 1. The van der Waals surface area contributed by atoms with E-state index in [0.717, 1.165) is 0 Å². The molecule has 0 aliphatic rings. The monoisotopic (exact) mass is 322 g/mol. The second kappa shape index (κ2) is 6.91. The minimum Gasteiger partial charge on any atom is -0.504 e. The molecule has 0 aromatic heterocycles. The number of amides is 1. The number of nitrogens with one attached hydrogen (secondary N) is 1. The van der Waals surface area contributed by atoms with Crippen LogP contribution in [0.2, 0.25) is 5.02 Å². The van der Waals surface area contributed by atoms with E-state index in [4.69, 9.17) is 11.6 Å². The fourth-order valence-electron chi connectivity index (χ4n) is 1.69. The summed E-state index contributed by atoms with van der Waals surface area (Å²) in [5.41, 5.74) is 3.35. The molecule has 5 nitrogen and oxygen atoms in total. The molecule has 0 atom stereocenters. The lowest BCUT2D eigenvalue weighted by molar-refractivity contribution is -0.120. The zero-order chi connectivity index (χ0) is 16.1. The van der Waals surface area contributed by atoms with E-state index in [0.29, 0.717) is 11.1 Å². The van der Waals surface area contributed by atoms with E-state index in [9.17, 15) is 19.4 Å². The average Bonchev–Trinajstić information content (AvgIpc) is 2.47. The summed E-state index contributed by atoms with van der Waals surface area (Å²) in [6, 6.07) is 8.19. The van der Waals surface area contributed by atoms with E-state index in [1.165, 1.54) is 42.6 Å². The molecule has 0 radical (unpaired) electrons. The number of carbonyl (C=O) groups excluding carboxylic acids is 1. The number of phenols is 2. The van der Waals surface area contributed by atoms with Crippen molar-refractivity contribution in [1.29, 1.82) is 0 Å². The maximum atomic E-state index is 12.7.